The normalized spacial score (nSPS) is 18.8. The van der Waals surface area contributed by atoms with E-state index in [1.807, 2.05) is 0 Å². The molecule has 0 fully saturated rings. The van der Waals surface area contributed by atoms with Crippen molar-refractivity contribution < 1.29 is 57.7 Å². The molecule has 1 atom stereocenters. The molecular formula is C20H19Cl3Ti. The van der Waals surface area contributed by atoms with Crippen LogP contribution in [0.2, 0.25) is 3.72 Å². The van der Waals surface area contributed by atoms with Crippen LogP contribution in [-0.2, 0) is 25.9 Å². The zero-order chi connectivity index (χ0) is 14.9. The van der Waals surface area contributed by atoms with Gasteiger partial charge in [-0.1, -0.05) is 0 Å². The van der Waals surface area contributed by atoms with Crippen molar-refractivity contribution in [2.24, 2.45) is 0 Å². The van der Waals surface area contributed by atoms with E-state index in [2.05, 4.69) is 113 Å². The van der Waals surface area contributed by atoms with Crippen LogP contribution >= 0.6 is 0 Å². The van der Waals surface area contributed by atoms with Gasteiger partial charge in [-0.2, -0.15) is 0 Å². The van der Waals surface area contributed by atoms with Crippen LogP contribution in [0.4, 0.5) is 0 Å². The molecule has 124 valence electrons. The van der Waals surface area contributed by atoms with Gasteiger partial charge in [0.15, 0.2) is 0 Å². The molecule has 0 spiro atoms. The van der Waals surface area contributed by atoms with Gasteiger partial charge in [-0.05, 0) is 0 Å². The second-order valence-electron chi connectivity index (χ2n) is 5.87. The summed E-state index contributed by atoms with van der Waals surface area (Å²) in [5.74, 6) is 0. The van der Waals surface area contributed by atoms with E-state index in [1.165, 1.54) is 16.7 Å². The van der Waals surface area contributed by atoms with E-state index in [0.717, 1.165) is 0 Å². The van der Waals surface area contributed by atoms with Gasteiger partial charge in [-0.25, -0.2) is 0 Å². The predicted molar refractivity (Wildman–Crippen MR) is 84.9 cm³/mol. The minimum atomic E-state index is -0.0803. The van der Waals surface area contributed by atoms with Crippen molar-refractivity contribution >= 4 is 0 Å². The van der Waals surface area contributed by atoms with Crippen molar-refractivity contribution in [3.05, 3.63) is 95.6 Å². The fourth-order valence-electron chi connectivity index (χ4n) is 3.33. The Morgan fingerprint density at radius 3 is 1.54 bits per heavy atom. The average molecular weight is 414 g/mol. The average Bonchev–Trinajstić information content (AvgIpc) is 2.89. The number of halogens is 3. The van der Waals surface area contributed by atoms with Crippen molar-refractivity contribution in [1.29, 1.82) is 0 Å². The largest absolute Gasteiger partial charge is 1.00 e. The van der Waals surface area contributed by atoms with Gasteiger partial charge in [-0.15, -0.1) is 0 Å². The molecule has 0 radical (unpaired) electrons. The van der Waals surface area contributed by atoms with Crippen LogP contribution in [0.15, 0.2) is 84.5 Å². The topological polar surface area (TPSA) is 0 Å². The molecule has 0 heterocycles. The summed E-state index contributed by atoms with van der Waals surface area (Å²) < 4.78 is -0.00426. The summed E-state index contributed by atoms with van der Waals surface area (Å²) >= 11 is 2.35. The molecule has 0 saturated heterocycles. The Kier molecular flexibility index (Phi) is 9.08. The molecule has 0 aromatic heterocycles. The van der Waals surface area contributed by atoms with E-state index in [4.69, 9.17) is 0 Å². The molecule has 24 heavy (non-hydrogen) atoms. The molecule has 3 rings (SSSR count). The fraction of sp³-hybridized carbons (Fsp3) is 0.200. The Hall–Kier alpha value is -0.496. The smallest absolute Gasteiger partial charge is 1.00 e. The zero-order valence-corrected chi connectivity index (χ0v) is 17.5. The van der Waals surface area contributed by atoms with E-state index in [0.29, 0.717) is 0 Å². The van der Waals surface area contributed by atoms with Gasteiger partial charge in [0, 0.05) is 0 Å². The standard InChI is InChI=1S/C20H19.3ClH.Ti/c1-16-10-9-15-19(16)20(2,17-11-5-3-6-12-17)18-13-7-4-8-14-18;;;;/h3-15H,1-2H3;3*1H;/q;;;;+3/p-3. The molecule has 1 aliphatic carbocycles. The molecule has 0 N–H and O–H groups in total. The second kappa shape index (κ2) is 9.27. The van der Waals surface area contributed by atoms with Gasteiger partial charge in [0.25, 0.3) is 0 Å². The Balaban J connectivity index is 0.00000176. The zero-order valence-electron chi connectivity index (χ0n) is 13.6. The van der Waals surface area contributed by atoms with Crippen molar-refractivity contribution in [3.8, 4) is 0 Å². The van der Waals surface area contributed by atoms with Crippen LogP contribution in [0.25, 0.3) is 0 Å². The summed E-state index contributed by atoms with van der Waals surface area (Å²) in [5, 5.41) is 0. The van der Waals surface area contributed by atoms with Gasteiger partial charge in [0.2, 0.25) is 0 Å². The summed E-state index contributed by atoms with van der Waals surface area (Å²) in [6.45, 7) is 4.61. The van der Waals surface area contributed by atoms with Gasteiger partial charge in [-0.3, -0.25) is 0 Å². The van der Waals surface area contributed by atoms with E-state index in [-0.39, 0.29) is 46.4 Å². The Bertz CT molecular complexity index is 656. The third-order valence-corrected chi connectivity index (χ3v) is 6.46. The molecule has 0 nitrogen and oxygen atoms in total. The number of hydrogen-bond acceptors (Lipinski definition) is 0. The molecule has 2 aromatic rings. The van der Waals surface area contributed by atoms with Crippen LogP contribution in [0.3, 0.4) is 0 Å². The van der Waals surface area contributed by atoms with Crippen molar-refractivity contribution in [3.63, 3.8) is 0 Å². The minimum Gasteiger partial charge on any atom is -1.00 e. The third-order valence-electron chi connectivity index (χ3n) is 4.81. The maximum absolute atomic E-state index is 2.37. The molecule has 2 aromatic carbocycles. The van der Waals surface area contributed by atoms with E-state index < -0.39 is 0 Å². The summed E-state index contributed by atoms with van der Waals surface area (Å²) in [7, 11) is 0. The molecular weight excluding hydrogens is 394 g/mol. The first-order chi connectivity index (χ1) is 10.1. The quantitative estimate of drug-likeness (QED) is 0.454. The maximum Gasteiger partial charge on any atom is -1.00 e. The maximum atomic E-state index is 2.37. The Labute approximate surface area is 175 Å². The van der Waals surface area contributed by atoms with Crippen LogP contribution in [-0.4, -0.2) is 0 Å². The molecule has 1 aliphatic rings. The number of hydrogen-bond donors (Lipinski definition) is 0. The monoisotopic (exact) mass is 412 g/mol. The van der Waals surface area contributed by atoms with E-state index >= 15 is 0 Å². The molecule has 1 unspecified atom stereocenters. The van der Waals surface area contributed by atoms with Gasteiger partial charge in [0.05, 0.1) is 0 Å². The predicted octanol–water partition coefficient (Wildman–Crippen LogP) is -3.77. The van der Waals surface area contributed by atoms with E-state index in [9.17, 15) is 0 Å². The van der Waals surface area contributed by atoms with Crippen molar-refractivity contribution in [2.45, 2.75) is 23.0 Å². The first kappa shape index (κ1) is 23.5. The van der Waals surface area contributed by atoms with E-state index in [1.54, 1.807) is 0 Å². The second-order valence-corrected chi connectivity index (χ2v) is 7.11. The fourth-order valence-corrected chi connectivity index (χ4v) is 4.06. The molecule has 0 saturated carbocycles. The van der Waals surface area contributed by atoms with Crippen LogP contribution in [0.5, 0.6) is 0 Å². The summed E-state index contributed by atoms with van der Waals surface area (Å²) in [6, 6.07) is 21.7. The summed E-state index contributed by atoms with van der Waals surface area (Å²) in [6.07, 6.45) is 6.78. The number of rotatable bonds is 3. The minimum absolute atomic E-state index is 0. The van der Waals surface area contributed by atoms with Crippen LogP contribution in [0, 0.1) is 0 Å². The summed E-state index contributed by atoms with van der Waals surface area (Å²) in [4.78, 5) is 0. The number of allylic oxidation sites excluding steroid dienone is 4. The van der Waals surface area contributed by atoms with Gasteiger partial charge >= 0.3 is 139 Å². The molecule has 0 amide bonds. The number of benzene rings is 2. The van der Waals surface area contributed by atoms with Crippen molar-refractivity contribution in [2.75, 3.05) is 0 Å². The first-order valence-corrected chi connectivity index (χ1v) is 8.10. The first-order valence-electron chi connectivity index (χ1n) is 7.32. The Morgan fingerprint density at radius 2 is 1.21 bits per heavy atom. The third kappa shape index (κ3) is 3.69. The van der Waals surface area contributed by atoms with Gasteiger partial charge in [0.1, 0.15) is 0 Å². The van der Waals surface area contributed by atoms with Crippen LogP contribution < -0.4 is 37.2 Å². The van der Waals surface area contributed by atoms with Crippen LogP contribution in [0.1, 0.15) is 25.0 Å². The van der Waals surface area contributed by atoms with Crippen molar-refractivity contribution in [1.82, 2.24) is 0 Å². The molecule has 4 heteroatoms. The van der Waals surface area contributed by atoms with Gasteiger partial charge < -0.3 is 37.2 Å². The SMILES string of the molecule is CC1=CC=C[C]1([Ti+3])C(C)(c1ccccc1)c1ccccc1.[Cl-].[Cl-].[Cl-]. The Morgan fingerprint density at radius 1 is 0.792 bits per heavy atom. The molecule has 0 aliphatic heterocycles. The summed E-state index contributed by atoms with van der Waals surface area (Å²) in [5.41, 5.74) is 4.05. The molecule has 0 bridgehead atoms.